The third-order valence-corrected chi connectivity index (χ3v) is 8.91. The maximum absolute atomic E-state index is 12.8. The molecule has 0 aromatic heterocycles. The summed E-state index contributed by atoms with van der Waals surface area (Å²) >= 11 is 0. The molecule has 0 aromatic carbocycles. The van der Waals surface area contributed by atoms with Crippen LogP contribution in [-0.2, 0) is 9.59 Å². The van der Waals surface area contributed by atoms with Gasteiger partial charge in [-0.15, -0.1) is 0 Å². The molecule has 1 aliphatic carbocycles. The lowest BCUT2D eigenvalue weighted by Crippen LogP contribution is -2.56. The Morgan fingerprint density at radius 2 is 0.943 bits per heavy atom. The second-order valence-corrected chi connectivity index (χ2v) is 11.8. The number of hydrogen-bond donors (Lipinski definition) is 2. The van der Waals surface area contributed by atoms with Crippen molar-refractivity contribution in [1.82, 2.24) is 0 Å². The van der Waals surface area contributed by atoms with E-state index >= 15 is 0 Å². The SMILES string of the molecule is CCCCCCCCCCCC1(C(=O)O)CCC(C)CC1(CCCCCCCCCCC)C(=O)O. The lowest BCUT2D eigenvalue weighted by molar-refractivity contribution is -0.185. The van der Waals surface area contributed by atoms with Crippen LogP contribution in [0.4, 0.5) is 0 Å². The molecule has 0 spiro atoms. The van der Waals surface area contributed by atoms with Crippen LogP contribution in [0.15, 0.2) is 0 Å². The summed E-state index contributed by atoms with van der Waals surface area (Å²) in [5.41, 5.74) is -2.22. The summed E-state index contributed by atoms with van der Waals surface area (Å²) < 4.78 is 0. The van der Waals surface area contributed by atoms with Crippen molar-refractivity contribution < 1.29 is 19.8 Å². The van der Waals surface area contributed by atoms with Crippen molar-refractivity contribution in [3.05, 3.63) is 0 Å². The van der Waals surface area contributed by atoms with Gasteiger partial charge in [0.25, 0.3) is 0 Å². The number of unbranched alkanes of at least 4 members (excludes halogenated alkanes) is 16. The third-order valence-electron chi connectivity index (χ3n) is 8.91. The summed E-state index contributed by atoms with van der Waals surface area (Å²) in [7, 11) is 0. The van der Waals surface area contributed by atoms with Crippen LogP contribution < -0.4 is 0 Å². The van der Waals surface area contributed by atoms with Crippen molar-refractivity contribution in [2.75, 3.05) is 0 Å². The Labute approximate surface area is 217 Å². The van der Waals surface area contributed by atoms with Crippen LogP contribution in [0.25, 0.3) is 0 Å². The lowest BCUT2D eigenvalue weighted by atomic mass is 9.50. The van der Waals surface area contributed by atoms with Crippen molar-refractivity contribution in [3.8, 4) is 0 Å². The second kappa shape index (κ2) is 18.2. The summed E-state index contributed by atoms with van der Waals surface area (Å²) in [5.74, 6) is -1.44. The van der Waals surface area contributed by atoms with Crippen LogP contribution in [0, 0.1) is 16.7 Å². The molecule has 0 bridgehead atoms. The van der Waals surface area contributed by atoms with Gasteiger partial charge in [0.1, 0.15) is 0 Å². The maximum atomic E-state index is 12.8. The van der Waals surface area contributed by atoms with Gasteiger partial charge in [0.05, 0.1) is 10.8 Å². The zero-order chi connectivity index (χ0) is 26.0. The van der Waals surface area contributed by atoms with Crippen LogP contribution >= 0.6 is 0 Å². The van der Waals surface area contributed by atoms with E-state index in [1.165, 1.54) is 77.0 Å². The van der Waals surface area contributed by atoms with Gasteiger partial charge in [-0.3, -0.25) is 9.59 Å². The van der Waals surface area contributed by atoms with E-state index in [1.54, 1.807) is 0 Å². The average molecular weight is 495 g/mol. The van der Waals surface area contributed by atoms with Gasteiger partial charge < -0.3 is 10.2 Å². The number of carbonyl (C=O) groups is 2. The quantitative estimate of drug-likeness (QED) is 0.147. The maximum Gasteiger partial charge on any atom is 0.310 e. The van der Waals surface area contributed by atoms with Gasteiger partial charge in [0, 0.05) is 0 Å². The van der Waals surface area contributed by atoms with Crippen molar-refractivity contribution >= 4 is 11.9 Å². The van der Waals surface area contributed by atoms with Crippen molar-refractivity contribution in [1.29, 1.82) is 0 Å². The molecular formula is C31H58O4. The van der Waals surface area contributed by atoms with E-state index in [-0.39, 0.29) is 5.92 Å². The largest absolute Gasteiger partial charge is 0.481 e. The standard InChI is InChI=1S/C31H58O4/c1-4-6-8-10-12-14-16-18-20-23-30(28(32)33)25-22-27(3)26-31(30,29(34)35)24-21-19-17-15-13-11-9-7-5-2/h27H,4-26H2,1-3H3,(H,32,33)(H,34,35). The molecule has 4 heteroatoms. The van der Waals surface area contributed by atoms with Crippen molar-refractivity contribution in [3.63, 3.8) is 0 Å². The molecule has 1 saturated carbocycles. The molecule has 35 heavy (non-hydrogen) atoms. The molecule has 0 saturated heterocycles. The predicted molar refractivity (Wildman–Crippen MR) is 147 cm³/mol. The molecule has 3 atom stereocenters. The monoisotopic (exact) mass is 494 g/mol. The minimum absolute atomic E-state index is 0.278. The number of carboxylic acids is 2. The van der Waals surface area contributed by atoms with E-state index in [1.807, 2.05) is 0 Å². The Bertz CT molecular complexity index is 574. The van der Waals surface area contributed by atoms with Gasteiger partial charge in [-0.1, -0.05) is 136 Å². The molecule has 4 nitrogen and oxygen atoms in total. The van der Waals surface area contributed by atoms with E-state index in [2.05, 4.69) is 20.8 Å². The van der Waals surface area contributed by atoms with E-state index in [9.17, 15) is 19.8 Å². The fraction of sp³-hybridized carbons (Fsp3) is 0.935. The molecule has 1 rings (SSSR count). The number of rotatable bonds is 22. The minimum atomic E-state index is -1.11. The van der Waals surface area contributed by atoms with Crippen LogP contribution in [-0.4, -0.2) is 22.2 Å². The highest BCUT2D eigenvalue weighted by Gasteiger charge is 2.62. The third kappa shape index (κ3) is 10.4. The summed E-state index contributed by atoms with van der Waals surface area (Å²) in [6.07, 6.45) is 24.2. The smallest absolute Gasteiger partial charge is 0.310 e. The molecule has 0 aromatic rings. The Morgan fingerprint density at radius 3 is 1.31 bits per heavy atom. The van der Waals surface area contributed by atoms with Crippen LogP contribution in [0.3, 0.4) is 0 Å². The van der Waals surface area contributed by atoms with Crippen LogP contribution in [0.5, 0.6) is 0 Å². The van der Waals surface area contributed by atoms with E-state index in [0.717, 1.165) is 44.9 Å². The van der Waals surface area contributed by atoms with E-state index in [4.69, 9.17) is 0 Å². The topological polar surface area (TPSA) is 74.6 Å². The fourth-order valence-corrected chi connectivity index (χ4v) is 6.62. The molecule has 206 valence electrons. The van der Waals surface area contributed by atoms with Gasteiger partial charge in [0.15, 0.2) is 0 Å². The van der Waals surface area contributed by atoms with Gasteiger partial charge in [-0.25, -0.2) is 0 Å². The number of carboxylic acid groups (broad SMARTS) is 2. The van der Waals surface area contributed by atoms with Crippen molar-refractivity contribution in [2.24, 2.45) is 16.7 Å². The summed E-state index contributed by atoms with van der Waals surface area (Å²) in [6.45, 7) is 6.58. The normalized spacial score (nSPS) is 24.5. The molecule has 0 radical (unpaired) electrons. The van der Waals surface area contributed by atoms with Gasteiger partial charge >= 0.3 is 11.9 Å². The molecule has 0 heterocycles. The fourth-order valence-electron chi connectivity index (χ4n) is 6.62. The zero-order valence-electron chi connectivity index (χ0n) is 23.6. The van der Waals surface area contributed by atoms with Gasteiger partial charge in [-0.2, -0.15) is 0 Å². The van der Waals surface area contributed by atoms with Crippen LogP contribution in [0.1, 0.15) is 168 Å². The van der Waals surface area contributed by atoms with E-state index < -0.39 is 22.8 Å². The van der Waals surface area contributed by atoms with Gasteiger partial charge in [0.2, 0.25) is 0 Å². The highest BCUT2D eigenvalue weighted by molar-refractivity contribution is 5.87. The first kappa shape index (κ1) is 32.0. The Morgan fingerprint density at radius 1 is 0.600 bits per heavy atom. The molecule has 0 amide bonds. The first-order chi connectivity index (χ1) is 16.9. The molecule has 2 N–H and O–H groups in total. The highest BCUT2D eigenvalue weighted by Crippen LogP contribution is 2.58. The molecule has 1 aliphatic rings. The Hall–Kier alpha value is -1.06. The summed E-state index contributed by atoms with van der Waals surface area (Å²) in [6, 6.07) is 0. The lowest BCUT2D eigenvalue weighted by Gasteiger charge is -2.50. The molecule has 3 unspecified atom stereocenters. The first-order valence-corrected chi connectivity index (χ1v) is 15.3. The Balaban J connectivity index is 2.66. The Kier molecular flexibility index (Phi) is 16.6. The molecule has 1 fully saturated rings. The summed E-state index contributed by atoms with van der Waals surface area (Å²) in [5, 5.41) is 21.0. The molecule has 0 aliphatic heterocycles. The second-order valence-electron chi connectivity index (χ2n) is 11.8. The minimum Gasteiger partial charge on any atom is -0.481 e. The van der Waals surface area contributed by atoms with Gasteiger partial charge in [-0.05, 0) is 38.0 Å². The van der Waals surface area contributed by atoms with Crippen LogP contribution in [0.2, 0.25) is 0 Å². The summed E-state index contributed by atoms with van der Waals surface area (Å²) in [4.78, 5) is 25.6. The zero-order valence-corrected chi connectivity index (χ0v) is 23.6. The number of hydrogen-bond acceptors (Lipinski definition) is 2. The molecular weight excluding hydrogens is 436 g/mol. The highest BCUT2D eigenvalue weighted by atomic mass is 16.4. The van der Waals surface area contributed by atoms with E-state index in [0.29, 0.717) is 25.7 Å². The van der Waals surface area contributed by atoms with Crippen molar-refractivity contribution in [2.45, 2.75) is 168 Å². The number of aliphatic carboxylic acids is 2. The first-order valence-electron chi connectivity index (χ1n) is 15.3. The predicted octanol–water partition coefficient (Wildman–Crippen LogP) is 9.79. The average Bonchev–Trinajstić information content (AvgIpc) is 2.82.